The van der Waals surface area contributed by atoms with Crippen molar-refractivity contribution in [2.45, 2.75) is 18.8 Å². The molecule has 0 aromatic rings. The molecule has 0 saturated heterocycles. The second kappa shape index (κ2) is 4.08. The first-order chi connectivity index (χ1) is 6.29. The first-order valence-corrected chi connectivity index (χ1v) is 5.93. The molecule has 0 aromatic heterocycles. The fraction of sp³-hybridized carbons (Fsp3) is 1.00. The summed E-state index contributed by atoms with van der Waals surface area (Å²) in [6.07, 6.45) is 2.08. The summed E-state index contributed by atoms with van der Waals surface area (Å²) in [5.74, 6) is -4.46. The minimum atomic E-state index is -4.61. The van der Waals surface area contributed by atoms with Gasteiger partial charge in [0.05, 0.1) is 6.54 Å². The molecule has 7 heteroatoms. The van der Waals surface area contributed by atoms with Gasteiger partial charge >= 0.3 is 0 Å². The van der Waals surface area contributed by atoms with Gasteiger partial charge in [-0.25, -0.2) is 8.78 Å². The van der Waals surface area contributed by atoms with Crippen LogP contribution in [-0.4, -0.2) is 37.7 Å². The Morgan fingerprint density at radius 2 is 2.00 bits per heavy atom. The van der Waals surface area contributed by atoms with Gasteiger partial charge in [-0.05, 0) is 25.3 Å². The van der Waals surface area contributed by atoms with Crippen LogP contribution >= 0.6 is 0 Å². The van der Waals surface area contributed by atoms with Gasteiger partial charge in [-0.15, -0.1) is 0 Å². The van der Waals surface area contributed by atoms with Crippen LogP contribution in [0.4, 0.5) is 8.78 Å². The van der Waals surface area contributed by atoms with E-state index >= 15 is 0 Å². The molecule has 0 heterocycles. The van der Waals surface area contributed by atoms with Crippen molar-refractivity contribution in [3.8, 4) is 0 Å². The third-order valence-electron chi connectivity index (χ3n) is 1.91. The average Bonchev–Trinajstić information content (AvgIpc) is 2.64. The zero-order valence-corrected chi connectivity index (χ0v) is 8.36. The van der Waals surface area contributed by atoms with Gasteiger partial charge in [0.15, 0.2) is 0 Å². The molecular formula is C7H13F2NO3S. The first kappa shape index (κ1) is 11.8. The van der Waals surface area contributed by atoms with Crippen molar-refractivity contribution in [3.05, 3.63) is 0 Å². The lowest BCUT2D eigenvalue weighted by Crippen LogP contribution is -2.39. The molecule has 84 valence electrons. The van der Waals surface area contributed by atoms with Crippen LogP contribution in [0.15, 0.2) is 0 Å². The van der Waals surface area contributed by atoms with E-state index in [1.807, 2.05) is 0 Å². The Morgan fingerprint density at radius 1 is 1.43 bits per heavy atom. The molecule has 1 fully saturated rings. The molecule has 2 N–H and O–H groups in total. The highest BCUT2D eigenvalue weighted by Gasteiger charge is 2.35. The molecule has 14 heavy (non-hydrogen) atoms. The summed E-state index contributed by atoms with van der Waals surface area (Å²) >= 11 is 0. The summed E-state index contributed by atoms with van der Waals surface area (Å²) in [6.45, 7) is -0.218. The molecule has 0 radical (unpaired) electrons. The normalized spacial score (nSPS) is 18.5. The molecule has 0 aromatic carbocycles. The van der Waals surface area contributed by atoms with Crippen LogP contribution < -0.4 is 5.32 Å². The molecule has 0 bridgehead atoms. The van der Waals surface area contributed by atoms with Crippen molar-refractivity contribution in [2.24, 2.45) is 5.92 Å². The van der Waals surface area contributed by atoms with Gasteiger partial charge in [0.25, 0.3) is 16.0 Å². The standard InChI is InChI=1S/C7H13F2NO3S/c8-7(9,5-14(11,12)13)4-10-3-6-1-2-6/h6,10H,1-5H2,(H,11,12,13). The number of nitrogens with one attached hydrogen (secondary N) is 1. The van der Waals surface area contributed by atoms with Gasteiger partial charge in [-0.2, -0.15) is 8.42 Å². The van der Waals surface area contributed by atoms with Gasteiger partial charge in [-0.1, -0.05) is 0 Å². The van der Waals surface area contributed by atoms with Crippen molar-refractivity contribution in [1.29, 1.82) is 0 Å². The maximum atomic E-state index is 12.8. The summed E-state index contributed by atoms with van der Waals surface area (Å²) < 4.78 is 54.2. The highest BCUT2D eigenvalue weighted by molar-refractivity contribution is 7.85. The van der Waals surface area contributed by atoms with E-state index in [4.69, 9.17) is 4.55 Å². The zero-order chi connectivity index (χ0) is 10.8. The first-order valence-electron chi connectivity index (χ1n) is 4.32. The van der Waals surface area contributed by atoms with E-state index in [9.17, 15) is 17.2 Å². The summed E-state index contributed by atoms with van der Waals surface area (Å²) in [5, 5.41) is 2.48. The van der Waals surface area contributed by atoms with Crippen LogP contribution in [0.25, 0.3) is 0 Å². The fourth-order valence-electron chi connectivity index (χ4n) is 1.10. The topological polar surface area (TPSA) is 66.4 Å². The minimum absolute atomic E-state index is 0.455. The number of hydrogen-bond acceptors (Lipinski definition) is 3. The molecule has 0 spiro atoms. The third kappa shape index (κ3) is 5.46. The summed E-state index contributed by atoms with van der Waals surface area (Å²) in [5.41, 5.74) is 0. The van der Waals surface area contributed by atoms with E-state index in [-0.39, 0.29) is 0 Å². The Labute approximate surface area is 81.4 Å². The van der Waals surface area contributed by atoms with Gasteiger partial charge in [-0.3, -0.25) is 4.55 Å². The molecule has 0 unspecified atom stereocenters. The van der Waals surface area contributed by atoms with E-state index in [2.05, 4.69) is 5.32 Å². The fourth-order valence-corrected chi connectivity index (χ4v) is 1.73. The van der Waals surface area contributed by atoms with E-state index in [0.717, 1.165) is 12.8 Å². The van der Waals surface area contributed by atoms with E-state index < -0.39 is 28.3 Å². The van der Waals surface area contributed by atoms with Crippen LogP contribution in [0.3, 0.4) is 0 Å². The second-order valence-electron chi connectivity index (χ2n) is 3.66. The van der Waals surface area contributed by atoms with Gasteiger partial charge in [0.1, 0.15) is 5.75 Å². The Hall–Kier alpha value is -0.270. The maximum Gasteiger partial charge on any atom is 0.276 e. The minimum Gasteiger partial charge on any atom is -0.311 e. The monoisotopic (exact) mass is 229 g/mol. The summed E-state index contributed by atoms with van der Waals surface area (Å²) in [6, 6.07) is 0. The van der Waals surface area contributed by atoms with Crippen LogP contribution in [0.2, 0.25) is 0 Å². The molecular weight excluding hydrogens is 216 g/mol. The maximum absolute atomic E-state index is 12.8. The Kier molecular flexibility index (Phi) is 3.44. The molecule has 0 atom stereocenters. The molecule has 1 saturated carbocycles. The predicted octanol–water partition coefficient (Wildman–Crippen LogP) is 0.509. The van der Waals surface area contributed by atoms with Crippen molar-refractivity contribution < 1.29 is 21.8 Å². The average molecular weight is 229 g/mol. The Morgan fingerprint density at radius 3 is 2.43 bits per heavy atom. The smallest absolute Gasteiger partial charge is 0.276 e. The van der Waals surface area contributed by atoms with E-state index in [1.54, 1.807) is 0 Å². The van der Waals surface area contributed by atoms with E-state index in [1.165, 1.54) is 0 Å². The quantitative estimate of drug-likeness (QED) is 0.651. The molecule has 1 rings (SSSR count). The number of rotatable bonds is 6. The number of hydrogen-bond donors (Lipinski definition) is 2. The van der Waals surface area contributed by atoms with Crippen LogP contribution in [0.5, 0.6) is 0 Å². The molecule has 4 nitrogen and oxygen atoms in total. The zero-order valence-electron chi connectivity index (χ0n) is 7.54. The lowest BCUT2D eigenvalue weighted by atomic mass is 10.3. The van der Waals surface area contributed by atoms with Gasteiger partial charge < -0.3 is 5.32 Å². The van der Waals surface area contributed by atoms with Crippen molar-refractivity contribution in [1.82, 2.24) is 5.32 Å². The van der Waals surface area contributed by atoms with Crippen molar-refractivity contribution in [2.75, 3.05) is 18.8 Å². The van der Waals surface area contributed by atoms with Gasteiger partial charge in [0, 0.05) is 0 Å². The van der Waals surface area contributed by atoms with Crippen LogP contribution in [0, 0.1) is 5.92 Å². The third-order valence-corrected chi connectivity index (χ3v) is 2.69. The molecule has 0 amide bonds. The predicted molar refractivity (Wildman–Crippen MR) is 47.0 cm³/mol. The van der Waals surface area contributed by atoms with Crippen molar-refractivity contribution >= 4 is 10.1 Å². The lowest BCUT2D eigenvalue weighted by Gasteiger charge is -2.14. The van der Waals surface area contributed by atoms with Gasteiger partial charge in [0.2, 0.25) is 0 Å². The SMILES string of the molecule is O=S(=O)(O)CC(F)(F)CNCC1CC1. The highest BCUT2D eigenvalue weighted by atomic mass is 32.2. The molecule has 0 aliphatic heterocycles. The summed E-state index contributed by atoms with van der Waals surface area (Å²) in [7, 11) is -4.61. The number of alkyl halides is 2. The molecule has 1 aliphatic carbocycles. The van der Waals surface area contributed by atoms with Crippen molar-refractivity contribution in [3.63, 3.8) is 0 Å². The molecule has 1 aliphatic rings. The van der Waals surface area contributed by atoms with Crippen LogP contribution in [0.1, 0.15) is 12.8 Å². The Bertz CT molecular complexity index is 287. The Balaban J connectivity index is 2.24. The summed E-state index contributed by atoms with van der Waals surface area (Å²) in [4.78, 5) is 0. The van der Waals surface area contributed by atoms with Crippen LogP contribution in [-0.2, 0) is 10.1 Å². The highest BCUT2D eigenvalue weighted by Crippen LogP contribution is 2.27. The second-order valence-corrected chi connectivity index (χ2v) is 5.11. The lowest BCUT2D eigenvalue weighted by molar-refractivity contribution is 0.0249. The largest absolute Gasteiger partial charge is 0.311 e. The number of halogens is 2. The van der Waals surface area contributed by atoms with E-state index in [0.29, 0.717) is 12.5 Å².